The van der Waals surface area contributed by atoms with E-state index in [1.54, 1.807) is 13.8 Å². The van der Waals surface area contributed by atoms with E-state index in [9.17, 15) is 9.59 Å². The number of aliphatic hydroxyl groups is 1. The number of hydrogen-bond donors (Lipinski definition) is 3. The molecule has 0 radical (unpaired) electrons. The molecule has 0 aromatic carbocycles. The molecule has 1 saturated carbocycles. The summed E-state index contributed by atoms with van der Waals surface area (Å²) in [5.74, 6) is 0.645. The Balaban J connectivity index is 2.00. The molecule has 0 saturated heterocycles. The zero-order valence-electron chi connectivity index (χ0n) is 11.9. The monoisotopic (exact) mass is 279 g/mol. The third-order valence-corrected chi connectivity index (χ3v) is 3.39. The molecule has 1 aromatic heterocycles. The van der Waals surface area contributed by atoms with Crippen LogP contribution in [0.2, 0.25) is 0 Å². The Morgan fingerprint density at radius 3 is 2.80 bits per heavy atom. The molecule has 110 valence electrons. The molecule has 1 unspecified atom stereocenters. The Morgan fingerprint density at radius 1 is 1.55 bits per heavy atom. The van der Waals surface area contributed by atoms with E-state index in [0.29, 0.717) is 36.8 Å². The van der Waals surface area contributed by atoms with Crippen LogP contribution in [0.3, 0.4) is 0 Å². The van der Waals surface area contributed by atoms with Crippen LogP contribution >= 0.6 is 0 Å². The number of nitrogens with zero attached hydrogens (tertiary/aromatic N) is 1. The Kier molecular flexibility index (Phi) is 4.54. The van der Waals surface area contributed by atoms with Gasteiger partial charge in [0.15, 0.2) is 0 Å². The Morgan fingerprint density at radius 2 is 2.25 bits per heavy atom. The van der Waals surface area contributed by atoms with E-state index in [0.717, 1.165) is 12.8 Å². The molecule has 1 aromatic rings. The van der Waals surface area contributed by atoms with Gasteiger partial charge in [0, 0.05) is 12.5 Å². The lowest BCUT2D eigenvalue weighted by atomic mass is 10.2. The van der Waals surface area contributed by atoms with E-state index in [2.05, 4.69) is 15.3 Å². The van der Waals surface area contributed by atoms with Crippen molar-refractivity contribution in [2.24, 2.45) is 0 Å². The van der Waals surface area contributed by atoms with Crippen molar-refractivity contribution in [2.45, 2.75) is 51.6 Å². The van der Waals surface area contributed by atoms with Gasteiger partial charge >= 0.3 is 0 Å². The molecular formula is C14H21N3O3. The number of rotatable bonds is 6. The minimum atomic E-state index is -0.399. The second kappa shape index (κ2) is 6.17. The first kappa shape index (κ1) is 14.7. The maximum absolute atomic E-state index is 12.0. The zero-order valence-corrected chi connectivity index (χ0v) is 11.9. The summed E-state index contributed by atoms with van der Waals surface area (Å²) in [6.45, 7) is 3.83. The Bertz CT molecular complexity index is 547. The molecule has 20 heavy (non-hydrogen) atoms. The number of aryl methyl sites for hydroxylation is 1. The highest BCUT2D eigenvalue weighted by molar-refractivity contribution is 5.94. The maximum Gasteiger partial charge on any atom is 0.264 e. The van der Waals surface area contributed by atoms with Crippen LogP contribution in [-0.4, -0.2) is 33.6 Å². The van der Waals surface area contributed by atoms with E-state index < -0.39 is 5.91 Å². The second-order valence-electron chi connectivity index (χ2n) is 5.43. The molecule has 1 aliphatic carbocycles. The van der Waals surface area contributed by atoms with Gasteiger partial charge in [-0.2, -0.15) is 0 Å². The van der Waals surface area contributed by atoms with E-state index in [1.807, 2.05) is 0 Å². The van der Waals surface area contributed by atoms with Crippen molar-refractivity contribution >= 4 is 5.91 Å². The molecular weight excluding hydrogens is 258 g/mol. The summed E-state index contributed by atoms with van der Waals surface area (Å²) in [6, 6.07) is 0. The molecule has 2 rings (SSSR count). The molecule has 3 N–H and O–H groups in total. The topological polar surface area (TPSA) is 95.1 Å². The third-order valence-electron chi connectivity index (χ3n) is 3.39. The summed E-state index contributed by atoms with van der Waals surface area (Å²) < 4.78 is 0. The van der Waals surface area contributed by atoms with Crippen LogP contribution in [0.15, 0.2) is 4.79 Å². The predicted octanol–water partition coefficient (Wildman–Crippen LogP) is 0.847. The van der Waals surface area contributed by atoms with Gasteiger partial charge in [0.05, 0.1) is 11.8 Å². The molecule has 6 nitrogen and oxygen atoms in total. The van der Waals surface area contributed by atoms with Gasteiger partial charge in [-0.1, -0.05) is 0 Å². The summed E-state index contributed by atoms with van der Waals surface area (Å²) in [6.07, 6.45) is 3.01. The molecule has 1 aliphatic rings. The fourth-order valence-corrected chi connectivity index (χ4v) is 2.11. The lowest BCUT2D eigenvalue weighted by Crippen LogP contribution is -2.32. The van der Waals surface area contributed by atoms with Crippen LogP contribution < -0.4 is 10.9 Å². The second-order valence-corrected chi connectivity index (χ2v) is 5.43. The van der Waals surface area contributed by atoms with Crippen molar-refractivity contribution in [3.8, 4) is 0 Å². The van der Waals surface area contributed by atoms with Crippen molar-refractivity contribution in [2.75, 3.05) is 6.54 Å². The average molecular weight is 279 g/mol. The number of carbonyl (C=O) groups is 1. The van der Waals surface area contributed by atoms with Crippen molar-refractivity contribution in [1.29, 1.82) is 0 Å². The fourth-order valence-electron chi connectivity index (χ4n) is 2.11. The smallest absolute Gasteiger partial charge is 0.264 e. The first-order valence-corrected chi connectivity index (χ1v) is 7.06. The summed E-state index contributed by atoms with van der Waals surface area (Å²) in [4.78, 5) is 31.0. The highest BCUT2D eigenvalue weighted by Crippen LogP contribution is 2.37. The van der Waals surface area contributed by atoms with Crippen LogP contribution in [0.4, 0.5) is 0 Å². The Labute approximate surface area is 117 Å². The van der Waals surface area contributed by atoms with Crippen molar-refractivity contribution in [3.05, 3.63) is 27.4 Å². The lowest BCUT2D eigenvalue weighted by Gasteiger charge is -2.08. The highest BCUT2D eigenvalue weighted by atomic mass is 16.3. The number of aliphatic hydroxyl groups excluding tert-OH is 1. The molecule has 0 spiro atoms. The zero-order chi connectivity index (χ0) is 14.7. The van der Waals surface area contributed by atoms with E-state index in [4.69, 9.17) is 5.11 Å². The van der Waals surface area contributed by atoms with Gasteiger partial charge in [0.2, 0.25) is 0 Å². The highest BCUT2D eigenvalue weighted by Gasteiger charge is 2.27. The van der Waals surface area contributed by atoms with Crippen LogP contribution in [0, 0.1) is 6.92 Å². The summed E-state index contributed by atoms with van der Waals surface area (Å²) in [5.41, 5.74) is 0.197. The summed E-state index contributed by atoms with van der Waals surface area (Å²) in [7, 11) is 0. The van der Waals surface area contributed by atoms with E-state index in [-0.39, 0.29) is 17.2 Å². The average Bonchev–Trinajstić information content (AvgIpc) is 3.17. The molecule has 1 amide bonds. The van der Waals surface area contributed by atoms with E-state index in [1.165, 1.54) is 0 Å². The van der Waals surface area contributed by atoms with E-state index >= 15 is 0 Å². The number of nitrogens with one attached hydrogen (secondary N) is 2. The fraction of sp³-hybridized carbons (Fsp3) is 0.643. The molecule has 1 fully saturated rings. The van der Waals surface area contributed by atoms with Crippen LogP contribution in [0.1, 0.15) is 60.4 Å². The summed E-state index contributed by atoms with van der Waals surface area (Å²) >= 11 is 0. The normalized spacial score (nSPS) is 15.9. The van der Waals surface area contributed by atoms with Gasteiger partial charge in [0.25, 0.3) is 11.5 Å². The molecule has 1 heterocycles. The van der Waals surface area contributed by atoms with Gasteiger partial charge in [0.1, 0.15) is 11.4 Å². The Hall–Kier alpha value is -1.69. The first-order chi connectivity index (χ1) is 9.49. The van der Waals surface area contributed by atoms with Gasteiger partial charge in [-0.25, -0.2) is 4.98 Å². The van der Waals surface area contributed by atoms with Crippen LogP contribution in [0.25, 0.3) is 0 Å². The largest absolute Gasteiger partial charge is 0.393 e. The molecule has 0 aliphatic heterocycles. The van der Waals surface area contributed by atoms with Gasteiger partial charge in [-0.15, -0.1) is 0 Å². The van der Waals surface area contributed by atoms with Crippen molar-refractivity contribution in [1.82, 2.24) is 15.3 Å². The molecule has 1 atom stereocenters. The van der Waals surface area contributed by atoms with Gasteiger partial charge in [-0.05, 0) is 39.5 Å². The van der Waals surface area contributed by atoms with Gasteiger partial charge in [-0.3, -0.25) is 9.59 Å². The predicted molar refractivity (Wildman–Crippen MR) is 74.8 cm³/mol. The minimum Gasteiger partial charge on any atom is -0.393 e. The standard InChI is InChI=1S/C14H21N3O3/c1-8(18)4-3-7-15-13(19)11-9(2)16-12(10-5-6-10)17-14(11)20/h8,10,18H,3-7H2,1-2H3,(H,15,19)(H,16,17,20). The quantitative estimate of drug-likeness (QED) is 0.673. The third kappa shape index (κ3) is 3.66. The molecule has 0 bridgehead atoms. The lowest BCUT2D eigenvalue weighted by molar-refractivity contribution is 0.0947. The number of carbonyl (C=O) groups excluding carboxylic acids is 1. The maximum atomic E-state index is 12.0. The first-order valence-electron chi connectivity index (χ1n) is 7.06. The number of H-pyrrole nitrogens is 1. The number of hydrogen-bond acceptors (Lipinski definition) is 4. The SMILES string of the molecule is Cc1nc(C2CC2)[nH]c(=O)c1C(=O)NCCCC(C)O. The van der Waals surface area contributed by atoms with Crippen LogP contribution in [0.5, 0.6) is 0 Å². The number of aromatic amines is 1. The minimum absolute atomic E-state index is 0.0893. The number of amides is 1. The molecule has 6 heteroatoms. The van der Waals surface area contributed by atoms with Crippen molar-refractivity contribution < 1.29 is 9.90 Å². The van der Waals surface area contributed by atoms with Crippen molar-refractivity contribution in [3.63, 3.8) is 0 Å². The number of aromatic nitrogens is 2. The summed E-state index contributed by atoms with van der Waals surface area (Å²) in [5, 5.41) is 11.8. The van der Waals surface area contributed by atoms with Crippen LogP contribution in [-0.2, 0) is 0 Å². The van der Waals surface area contributed by atoms with Gasteiger partial charge < -0.3 is 15.4 Å².